The molecule has 4 heteroatoms. The molecule has 0 saturated carbocycles. The minimum atomic E-state index is 0.542. The van der Waals surface area contributed by atoms with Crippen molar-refractivity contribution < 1.29 is 0 Å². The van der Waals surface area contributed by atoms with E-state index in [1.165, 1.54) is 17.7 Å². The van der Waals surface area contributed by atoms with Gasteiger partial charge in [0.2, 0.25) is 0 Å². The maximum absolute atomic E-state index is 4.31. The molecule has 0 bridgehead atoms. The number of aromatic nitrogens is 3. The minimum absolute atomic E-state index is 0.542. The first-order valence-electron chi connectivity index (χ1n) is 5.34. The molecular formula is C11H13N3S. The Morgan fingerprint density at radius 3 is 3.20 bits per heavy atom. The lowest BCUT2D eigenvalue weighted by Crippen LogP contribution is -2.15. The van der Waals surface area contributed by atoms with Gasteiger partial charge in [0.05, 0.1) is 4.88 Å². The van der Waals surface area contributed by atoms with E-state index < -0.39 is 0 Å². The number of fused-ring (bicyclic) bond motifs is 1. The predicted octanol–water partition coefficient (Wildman–Crippen LogP) is 2.90. The fourth-order valence-corrected chi connectivity index (χ4v) is 2.92. The lowest BCUT2D eigenvalue weighted by atomic mass is 10.1. The van der Waals surface area contributed by atoms with E-state index in [2.05, 4.69) is 39.2 Å². The van der Waals surface area contributed by atoms with Gasteiger partial charge in [-0.1, -0.05) is 6.07 Å². The molecule has 0 aromatic carbocycles. The van der Waals surface area contributed by atoms with Gasteiger partial charge < -0.3 is 4.57 Å². The summed E-state index contributed by atoms with van der Waals surface area (Å²) in [6.07, 6.45) is 3.55. The SMILES string of the molecule is CC1CCCc2nnc(-c3cccs3)n21. The number of hydrogen-bond acceptors (Lipinski definition) is 3. The van der Waals surface area contributed by atoms with Crippen LogP contribution in [0.1, 0.15) is 31.6 Å². The van der Waals surface area contributed by atoms with E-state index >= 15 is 0 Å². The van der Waals surface area contributed by atoms with Crippen LogP contribution in [0.5, 0.6) is 0 Å². The molecule has 2 aromatic heterocycles. The zero-order valence-corrected chi connectivity index (χ0v) is 9.50. The van der Waals surface area contributed by atoms with Gasteiger partial charge in [-0.05, 0) is 31.2 Å². The average molecular weight is 219 g/mol. The van der Waals surface area contributed by atoms with Crippen molar-refractivity contribution >= 4 is 11.3 Å². The van der Waals surface area contributed by atoms with E-state index in [1.807, 2.05) is 0 Å². The first-order chi connectivity index (χ1) is 7.36. The van der Waals surface area contributed by atoms with Gasteiger partial charge in [0.1, 0.15) is 5.82 Å². The van der Waals surface area contributed by atoms with E-state index in [9.17, 15) is 0 Å². The summed E-state index contributed by atoms with van der Waals surface area (Å²) < 4.78 is 2.30. The van der Waals surface area contributed by atoms with Gasteiger partial charge >= 0.3 is 0 Å². The molecule has 1 aliphatic rings. The second kappa shape index (κ2) is 3.45. The zero-order valence-electron chi connectivity index (χ0n) is 8.68. The number of hydrogen-bond donors (Lipinski definition) is 0. The molecule has 0 spiro atoms. The Balaban J connectivity index is 2.14. The molecule has 0 radical (unpaired) electrons. The van der Waals surface area contributed by atoms with Crippen LogP contribution in [0.15, 0.2) is 17.5 Å². The van der Waals surface area contributed by atoms with Crippen molar-refractivity contribution in [3.63, 3.8) is 0 Å². The Bertz CT molecular complexity index is 458. The summed E-state index contributed by atoms with van der Waals surface area (Å²) >= 11 is 1.73. The molecule has 0 aliphatic carbocycles. The van der Waals surface area contributed by atoms with Gasteiger partial charge in [-0.15, -0.1) is 21.5 Å². The lowest BCUT2D eigenvalue weighted by Gasteiger charge is -2.22. The summed E-state index contributed by atoms with van der Waals surface area (Å²) in [5.74, 6) is 2.20. The highest BCUT2D eigenvalue weighted by molar-refractivity contribution is 7.13. The summed E-state index contributed by atoms with van der Waals surface area (Å²) in [6.45, 7) is 2.25. The highest BCUT2D eigenvalue weighted by Gasteiger charge is 2.22. The Labute approximate surface area is 92.8 Å². The molecule has 15 heavy (non-hydrogen) atoms. The number of rotatable bonds is 1. The van der Waals surface area contributed by atoms with Crippen LogP contribution < -0.4 is 0 Å². The summed E-state index contributed by atoms with van der Waals surface area (Å²) in [5.41, 5.74) is 0. The van der Waals surface area contributed by atoms with Gasteiger partial charge in [0, 0.05) is 12.5 Å². The number of thiophene rings is 1. The highest BCUT2D eigenvalue weighted by atomic mass is 32.1. The predicted molar refractivity (Wildman–Crippen MR) is 61.0 cm³/mol. The van der Waals surface area contributed by atoms with Crippen LogP contribution >= 0.6 is 11.3 Å². The van der Waals surface area contributed by atoms with Crippen LogP contribution in [0, 0.1) is 0 Å². The Morgan fingerprint density at radius 1 is 1.47 bits per heavy atom. The van der Waals surface area contributed by atoms with Crippen molar-refractivity contribution in [1.82, 2.24) is 14.8 Å². The largest absolute Gasteiger partial charge is 0.307 e. The molecule has 1 unspecified atom stereocenters. The molecule has 0 amide bonds. The third kappa shape index (κ3) is 1.40. The van der Waals surface area contributed by atoms with Gasteiger partial charge in [-0.25, -0.2) is 0 Å². The minimum Gasteiger partial charge on any atom is -0.307 e. The van der Waals surface area contributed by atoms with E-state index in [1.54, 1.807) is 11.3 Å². The Hall–Kier alpha value is -1.16. The smallest absolute Gasteiger partial charge is 0.174 e. The molecule has 1 atom stereocenters. The topological polar surface area (TPSA) is 30.7 Å². The summed E-state index contributed by atoms with van der Waals surface area (Å²) in [7, 11) is 0. The maximum Gasteiger partial charge on any atom is 0.174 e. The molecule has 1 aliphatic heterocycles. The van der Waals surface area contributed by atoms with Crippen molar-refractivity contribution in [3.8, 4) is 10.7 Å². The summed E-state index contributed by atoms with van der Waals surface area (Å²) in [4.78, 5) is 1.22. The molecule has 3 heterocycles. The lowest BCUT2D eigenvalue weighted by molar-refractivity contribution is 0.429. The molecule has 0 saturated heterocycles. The van der Waals surface area contributed by atoms with Gasteiger partial charge in [0.25, 0.3) is 0 Å². The third-order valence-electron chi connectivity index (χ3n) is 2.97. The first kappa shape index (κ1) is 9.09. The summed E-state index contributed by atoms with van der Waals surface area (Å²) in [6, 6.07) is 4.72. The summed E-state index contributed by atoms with van der Waals surface area (Å²) in [5, 5.41) is 10.7. The molecule has 3 nitrogen and oxygen atoms in total. The number of aryl methyl sites for hydroxylation is 1. The van der Waals surface area contributed by atoms with Crippen LogP contribution in [0.25, 0.3) is 10.7 Å². The quantitative estimate of drug-likeness (QED) is 0.738. The van der Waals surface area contributed by atoms with E-state index in [4.69, 9.17) is 0 Å². The second-order valence-electron chi connectivity index (χ2n) is 4.03. The van der Waals surface area contributed by atoms with Crippen LogP contribution in [-0.2, 0) is 6.42 Å². The van der Waals surface area contributed by atoms with Crippen LogP contribution in [-0.4, -0.2) is 14.8 Å². The van der Waals surface area contributed by atoms with Crippen LogP contribution in [0.4, 0.5) is 0 Å². The average Bonchev–Trinajstić information content (AvgIpc) is 2.85. The Morgan fingerprint density at radius 2 is 2.40 bits per heavy atom. The van der Waals surface area contributed by atoms with E-state index in [0.717, 1.165) is 18.1 Å². The van der Waals surface area contributed by atoms with Crippen LogP contribution in [0.3, 0.4) is 0 Å². The molecule has 0 fully saturated rings. The van der Waals surface area contributed by atoms with E-state index in [-0.39, 0.29) is 0 Å². The van der Waals surface area contributed by atoms with Crippen molar-refractivity contribution in [2.24, 2.45) is 0 Å². The molecule has 2 aromatic rings. The maximum atomic E-state index is 4.31. The first-order valence-corrected chi connectivity index (χ1v) is 6.22. The molecule has 78 valence electrons. The van der Waals surface area contributed by atoms with Gasteiger partial charge in [0.15, 0.2) is 5.82 Å². The molecule has 3 rings (SSSR count). The standard InChI is InChI=1S/C11H13N3S/c1-8-4-2-6-10-12-13-11(14(8)10)9-5-3-7-15-9/h3,5,7-8H,2,4,6H2,1H3. The second-order valence-corrected chi connectivity index (χ2v) is 4.98. The highest BCUT2D eigenvalue weighted by Crippen LogP contribution is 2.31. The van der Waals surface area contributed by atoms with Crippen molar-refractivity contribution in [2.45, 2.75) is 32.2 Å². The molecular weight excluding hydrogens is 206 g/mol. The fourth-order valence-electron chi connectivity index (χ4n) is 2.22. The van der Waals surface area contributed by atoms with E-state index in [0.29, 0.717) is 6.04 Å². The monoisotopic (exact) mass is 219 g/mol. The Kier molecular flexibility index (Phi) is 2.09. The zero-order chi connectivity index (χ0) is 10.3. The van der Waals surface area contributed by atoms with Gasteiger partial charge in [-0.2, -0.15) is 0 Å². The van der Waals surface area contributed by atoms with Crippen molar-refractivity contribution in [2.75, 3.05) is 0 Å². The van der Waals surface area contributed by atoms with Crippen LogP contribution in [0.2, 0.25) is 0 Å². The normalized spacial score (nSPS) is 20.2. The fraction of sp³-hybridized carbons (Fsp3) is 0.455. The third-order valence-corrected chi connectivity index (χ3v) is 3.84. The van der Waals surface area contributed by atoms with Gasteiger partial charge in [-0.3, -0.25) is 0 Å². The van der Waals surface area contributed by atoms with Crippen molar-refractivity contribution in [1.29, 1.82) is 0 Å². The number of nitrogens with zero attached hydrogens (tertiary/aromatic N) is 3. The molecule has 0 N–H and O–H groups in total. The van der Waals surface area contributed by atoms with Crippen molar-refractivity contribution in [3.05, 3.63) is 23.3 Å².